The Balaban J connectivity index is 1.30. The summed E-state index contributed by atoms with van der Waals surface area (Å²) in [4.78, 5) is 32.4. The van der Waals surface area contributed by atoms with Crippen LogP contribution in [0.5, 0.6) is 0 Å². The van der Waals surface area contributed by atoms with E-state index in [1.807, 2.05) is 22.4 Å². The lowest BCUT2D eigenvalue weighted by atomic mass is 9.93. The monoisotopic (exact) mass is 613 g/mol. The molecule has 1 aromatic heterocycles. The second-order valence-electron chi connectivity index (χ2n) is 10.3. The normalized spacial score (nSPS) is 18.5. The molecule has 224 valence electrons. The Kier molecular flexibility index (Phi) is 8.35. The SMILES string of the molecule is O=C(CN1CCc2sccc2C1c1cccc(F)c1)N1CCCN(C(=O)c2cc(C(F)(F)F)cc(C(F)(F)F)c2)CC1. The Bertz CT molecular complexity index is 1440. The molecule has 1 atom stereocenters. The van der Waals surface area contributed by atoms with Gasteiger partial charge in [0.05, 0.1) is 23.7 Å². The molecule has 0 radical (unpaired) electrons. The van der Waals surface area contributed by atoms with Crippen LogP contribution in [-0.4, -0.2) is 65.8 Å². The molecule has 2 amide bonds. The van der Waals surface area contributed by atoms with E-state index in [0.29, 0.717) is 30.7 Å². The summed E-state index contributed by atoms with van der Waals surface area (Å²) in [5, 5.41) is 1.96. The summed E-state index contributed by atoms with van der Waals surface area (Å²) in [6.07, 6.45) is -9.12. The summed E-state index contributed by atoms with van der Waals surface area (Å²) in [5.41, 5.74) is -2.11. The largest absolute Gasteiger partial charge is 0.416 e. The van der Waals surface area contributed by atoms with E-state index in [-0.39, 0.29) is 56.6 Å². The summed E-state index contributed by atoms with van der Waals surface area (Å²) in [6.45, 7) is 0.931. The molecule has 5 nitrogen and oxygen atoms in total. The van der Waals surface area contributed by atoms with E-state index in [2.05, 4.69) is 0 Å². The van der Waals surface area contributed by atoms with Crippen molar-refractivity contribution in [3.05, 3.63) is 92.4 Å². The fourth-order valence-corrected chi connectivity index (χ4v) is 6.41. The minimum absolute atomic E-state index is 0.0175. The molecule has 3 aromatic rings. The van der Waals surface area contributed by atoms with Gasteiger partial charge < -0.3 is 9.80 Å². The van der Waals surface area contributed by atoms with Gasteiger partial charge in [-0.15, -0.1) is 11.3 Å². The molecule has 13 heteroatoms. The van der Waals surface area contributed by atoms with Crippen LogP contribution >= 0.6 is 11.3 Å². The number of halogens is 7. The fraction of sp³-hybridized carbons (Fsp3) is 0.379. The van der Waals surface area contributed by atoms with Gasteiger partial charge in [-0.1, -0.05) is 12.1 Å². The Morgan fingerprint density at radius 2 is 1.50 bits per heavy atom. The summed E-state index contributed by atoms with van der Waals surface area (Å²) in [7, 11) is 0. The van der Waals surface area contributed by atoms with Crippen LogP contribution in [0.2, 0.25) is 0 Å². The van der Waals surface area contributed by atoms with Gasteiger partial charge in [0.25, 0.3) is 5.91 Å². The molecule has 0 bridgehead atoms. The molecular weight excluding hydrogens is 587 g/mol. The van der Waals surface area contributed by atoms with Gasteiger partial charge in [-0.25, -0.2) is 4.39 Å². The zero-order chi connectivity index (χ0) is 30.2. The lowest BCUT2D eigenvalue weighted by molar-refractivity contribution is -0.143. The molecule has 1 unspecified atom stereocenters. The first-order valence-electron chi connectivity index (χ1n) is 13.2. The number of hydrogen-bond acceptors (Lipinski definition) is 4. The molecule has 0 aliphatic carbocycles. The molecule has 2 aliphatic rings. The van der Waals surface area contributed by atoms with Crippen LogP contribution in [0.3, 0.4) is 0 Å². The number of amides is 2. The van der Waals surface area contributed by atoms with E-state index in [1.54, 1.807) is 22.3 Å². The number of alkyl halides is 6. The minimum Gasteiger partial charge on any atom is -0.340 e. The van der Waals surface area contributed by atoms with E-state index in [0.717, 1.165) is 12.0 Å². The van der Waals surface area contributed by atoms with Crippen LogP contribution in [0.1, 0.15) is 50.0 Å². The maximum absolute atomic E-state index is 14.1. The van der Waals surface area contributed by atoms with Crippen molar-refractivity contribution in [2.45, 2.75) is 31.2 Å². The Hall–Kier alpha value is -3.45. The van der Waals surface area contributed by atoms with E-state index in [1.165, 1.54) is 21.9 Å². The number of thiophene rings is 1. The first-order chi connectivity index (χ1) is 19.8. The number of nitrogens with zero attached hydrogens (tertiary/aromatic N) is 3. The van der Waals surface area contributed by atoms with Crippen molar-refractivity contribution in [3.8, 4) is 0 Å². The minimum atomic E-state index is -5.07. The Morgan fingerprint density at radius 1 is 0.833 bits per heavy atom. The second kappa shape index (κ2) is 11.7. The van der Waals surface area contributed by atoms with Crippen LogP contribution in [0, 0.1) is 5.82 Å². The lowest BCUT2D eigenvalue weighted by Crippen LogP contribution is -2.45. The Morgan fingerprint density at radius 3 is 2.17 bits per heavy atom. The number of fused-ring (bicyclic) bond motifs is 1. The van der Waals surface area contributed by atoms with Crippen molar-refractivity contribution in [2.75, 3.05) is 39.3 Å². The Labute approximate surface area is 241 Å². The van der Waals surface area contributed by atoms with Gasteiger partial charge in [0, 0.05) is 43.2 Å². The predicted octanol–water partition coefficient (Wildman–Crippen LogP) is 6.25. The molecular formula is C29H26F7N3O2S. The summed E-state index contributed by atoms with van der Waals surface area (Å²) >= 11 is 1.61. The molecule has 0 N–H and O–H groups in total. The van der Waals surface area contributed by atoms with Crippen molar-refractivity contribution < 1.29 is 40.3 Å². The highest BCUT2D eigenvalue weighted by molar-refractivity contribution is 7.10. The molecule has 2 aliphatic heterocycles. The second-order valence-corrected chi connectivity index (χ2v) is 11.3. The predicted molar refractivity (Wildman–Crippen MR) is 141 cm³/mol. The number of carbonyl (C=O) groups excluding carboxylic acids is 2. The fourth-order valence-electron chi connectivity index (χ4n) is 5.51. The van der Waals surface area contributed by atoms with Gasteiger partial charge in [-0.05, 0) is 65.7 Å². The van der Waals surface area contributed by atoms with E-state index in [4.69, 9.17) is 0 Å². The third-order valence-electron chi connectivity index (χ3n) is 7.54. The highest BCUT2D eigenvalue weighted by Crippen LogP contribution is 2.38. The molecule has 1 saturated heterocycles. The van der Waals surface area contributed by atoms with E-state index < -0.39 is 35.0 Å². The van der Waals surface area contributed by atoms with Gasteiger partial charge in [0.15, 0.2) is 0 Å². The number of hydrogen-bond donors (Lipinski definition) is 0. The van der Waals surface area contributed by atoms with Gasteiger partial charge >= 0.3 is 12.4 Å². The van der Waals surface area contributed by atoms with Gasteiger partial charge in [-0.2, -0.15) is 26.3 Å². The summed E-state index contributed by atoms with van der Waals surface area (Å²) in [5.74, 6) is -1.59. The number of carbonyl (C=O) groups is 2. The van der Waals surface area contributed by atoms with E-state index >= 15 is 0 Å². The van der Waals surface area contributed by atoms with Gasteiger partial charge in [0.2, 0.25) is 5.91 Å². The first-order valence-corrected chi connectivity index (χ1v) is 14.1. The van der Waals surface area contributed by atoms with Crippen LogP contribution in [-0.2, 0) is 23.6 Å². The van der Waals surface area contributed by atoms with Crippen LogP contribution in [0.25, 0.3) is 0 Å². The first kappa shape index (κ1) is 30.0. The highest BCUT2D eigenvalue weighted by Gasteiger charge is 2.38. The molecule has 0 saturated carbocycles. The highest BCUT2D eigenvalue weighted by atomic mass is 32.1. The van der Waals surface area contributed by atoms with Crippen LogP contribution in [0.15, 0.2) is 53.9 Å². The van der Waals surface area contributed by atoms with Crippen molar-refractivity contribution in [1.29, 1.82) is 0 Å². The number of rotatable bonds is 4. The van der Waals surface area contributed by atoms with Crippen molar-refractivity contribution >= 4 is 23.2 Å². The zero-order valence-electron chi connectivity index (χ0n) is 22.1. The lowest BCUT2D eigenvalue weighted by Gasteiger charge is -2.37. The number of benzene rings is 2. The maximum Gasteiger partial charge on any atom is 0.416 e. The third kappa shape index (κ3) is 6.46. The summed E-state index contributed by atoms with van der Waals surface area (Å²) in [6, 6.07) is 8.70. The van der Waals surface area contributed by atoms with Crippen molar-refractivity contribution in [1.82, 2.24) is 14.7 Å². The third-order valence-corrected chi connectivity index (χ3v) is 8.54. The molecule has 1 fully saturated rings. The van der Waals surface area contributed by atoms with E-state index in [9.17, 15) is 40.3 Å². The van der Waals surface area contributed by atoms with Crippen LogP contribution < -0.4 is 0 Å². The molecule has 42 heavy (non-hydrogen) atoms. The molecule has 5 rings (SSSR count). The molecule has 0 spiro atoms. The van der Waals surface area contributed by atoms with Gasteiger partial charge in [0.1, 0.15) is 5.82 Å². The smallest absolute Gasteiger partial charge is 0.340 e. The maximum atomic E-state index is 14.1. The zero-order valence-corrected chi connectivity index (χ0v) is 23.0. The standard InChI is InChI=1S/C29H26F7N3O2S/c30-22-4-1-3-18(15-22)26-23-6-12-42-24(23)5-9-39(26)17-25(40)37-7-2-8-38(11-10-37)27(41)19-13-20(28(31,32)33)16-21(14-19)29(34,35)36/h1,3-4,6,12-16,26H,2,5,7-11,17H2. The van der Waals surface area contributed by atoms with Crippen molar-refractivity contribution in [3.63, 3.8) is 0 Å². The van der Waals surface area contributed by atoms with Gasteiger partial charge in [-0.3, -0.25) is 14.5 Å². The average Bonchev–Trinajstić information content (AvgIpc) is 3.26. The molecule has 2 aromatic carbocycles. The van der Waals surface area contributed by atoms with Crippen LogP contribution in [0.4, 0.5) is 30.7 Å². The van der Waals surface area contributed by atoms with Crippen molar-refractivity contribution in [2.24, 2.45) is 0 Å². The average molecular weight is 614 g/mol. The quantitative estimate of drug-likeness (QED) is 0.327. The summed E-state index contributed by atoms with van der Waals surface area (Å²) < 4.78 is 93.9. The topological polar surface area (TPSA) is 43.9 Å². The molecule has 3 heterocycles.